The summed E-state index contributed by atoms with van der Waals surface area (Å²) in [6.07, 6.45) is 3.07. The van der Waals surface area contributed by atoms with E-state index < -0.39 is 0 Å². The van der Waals surface area contributed by atoms with Crippen LogP contribution in [0.4, 0.5) is 11.5 Å². The topological polar surface area (TPSA) is 37.0 Å². The Morgan fingerprint density at radius 3 is 2.94 bits per heavy atom. The smallest absolute Gasteiger partial charge is 0.149 e. The molecule has 0 amide bonds. The Morgan fingerprint density at radius 1 is 1.44 bits per heavy atom. The van der Waals surface area contributed by atoms with Gasteiger partial charge < -0.3 is 10.6 Å². The van der Waals surface area contributed by atoms with Crippen LogP contribution in [-0.2, 0) is 0 Å². The third-order valence-corrected chi connectivity index (χ3v) is 3.23. The van der Waals surface area contributed by atoms with Crippen molar-refractivity contribution in [2.24, 2.45) is 11.8 Å². The molecule has 1 aromatic heterocycles. The Balaban J connectivity index is 2.07. The minimum atomic E-state index is 0.674. The highest BCUT2D eigenvalue weighted by Crippen LogP contribution is 2.27. The van der Waals surface area contributed by atoms with Crippen LogP contribution >= 0.6 is 15.9 Å². The predicted octanol–water partition coefficient (Wildman–Crippen LogP) is 3.34. The summed E-state index contributed by atoms with van der Waals surface area (Å²) in [5, 5.41) is 6.88. The van der Waals surface area contributed by atoms with E-state index in [1.165, 1.54) is 6.42 Å². The maximum atomic E-state index is 4.37. The Bertz CT molecular complexity index is 365. The molecule has 0 bridgehead atoms. The van der Waals surface area contributed by atoms with E-state index in [1.807, 2.05) is 6.20 Å². The molecular weight excluding hydrogens is 266 g/mol. The number of nitrogens with zero attached hydrogens (tertiary/aromatic N) is 1. The molecule has 1 aliphatic heterocycles. The van der Waals surface area contributed by atoms with Gasteiger partial charge in [-0.1, -0.05) is 13.8 Å². The van der Waals surface area contributed by atoms with Crippen molar-refractivity contribution in [3.63, 3.8) is 0 Å². The molecular formula is C12H18BrN3. The van der Waals surface area contributed by atoms with Crippen molar-refractivity contribution >= 4 is 27.4 Å². The molecule has 1 unspecified atom stereocenters. The number of fused-ring (bicyclic) bond motifs is 1. The molecule has 0 aromatic carbocycles. The number of rotatable bonds is 2. The first-order valence-electron chi connectivity index (χ1n) is 5.78. The molecule has 4 heteroatoms. The lowest BCUT2D eigenvalue weighted by atomic mass is 9.97. The van der Waals surface area contributed by atoms with Gasteiger partial charge >= 0.3 is 0 Å². The molecule has 88 valence electrons. The quantitative estimate of drug-likeness (QED) is 0.874. The maximum absolute atomic E-state index is 4.37. The number of halogens is 1. The van der Waals surface area contributed by atoms with E-state index >= 15 is 0 Å². The van der Waals surface area contributed by atoms with E-state index in [-0.39, 0.29) is 0 Å². The number of anilines is 2. The fraction of sp³-hybridized carbons (Fsp3) is 0.583. The van der Waals surface area contributed by atoms with Gasteiger partial charge in [0.05, 0.1) is 5.69 Å². The van der Waals surface area contributed by atoms with Gasteiger partial charge in [-0.05, 0) is 40.3 Å². The van der Waals surface area contributed by atoms with E-state index in [9.17, 15) is 0 Å². The summed E-state index contributed by atoms with van der Waals surface area (Å²) in [5.41, 5.74) is 1.10. The Kier molecular flexibility index (Phi) is 3.69. The molecule has 2 heterocycles. The van der Waals surface area contributed by atoms with Gasteiger partial charge in [0, 0.05) is 23.8 Å². The number of pyridine rings is 1. The zero-order chi connectivity index (χ0) is 11.5. The first-order chi connectivity index (χ1) is 7.65. The molecule has 1 aromatic rings. The average Bonchev–Trinajstić information content (AvgIpc) is 2.40. The fourth-order valence-corrected chi connectivity index (χ4v) is 2.45. The van der Waals surface area contributed by atoms with E-state index in [2.05, 4.69) is 51.5 Å². The molecule has 0 saturated heterocycles. The van der Waals surface area contributed by atoms with Crippen LogP contribution in [0.3, 0.4) is 0 Å². The summed E-state index contributed by atoms with van der Waals surface area (Å²) in [6.45, 7) is 6.57. The van der Waals surface area contributed by atoms with Gasteiger partial charge in [-0.15, -0.1) is 0 Å². The molecule has 2 N–H and O–H groups in total. The lowest BCUT2D eigenvalue weighted by molar-refractivity contribution is 0.444. The van der Waals surface area contributed by atoms with Crippen molar-refractivity contribution in [2.75, 3.05) is 23.7 Å². The summed E-state index contributed by atoms with van der Waals surface area (Å²) >= 11 is 3.44. The van der Waals surface area contributed by atoms with Crippen LogP contribution in [-0.4, -0.2) is 18.1 Å². The van der Waals surface area contributed by atoms with Gasteiger partial charge in [0.15, 0.2) is 0 Å². The highest BCUT2D eigenvalue weighted by atomic mass is 79.9. The molecule has 0 saturated carbocycles. The van der Waals surface area contributed by atoms with Crippen LogP contribution in [0.2, 0.25) is 0 Å². The Labute approximate surface area is 105 Å². The minimum absolute atomic E-state index is 0.674. The van der Waals surface area contributed by atoms with Gasteiger partial charge in [0.25, 0.3) is 0 Å². The summed E-state index contributed by atoms with van der Waals surface area (Å²) in [4.78, 5) is 4.37. The van der Waals surface area contributed by atoms with Gasteiger partial charge in [0.1, 0.15) is 5.82 Å². The minimum Gasteiger partial charge on any atom is -0.382 e. The first-order valence-corrected chi connectivity index (χ1v) is 6.57. The Hall–Kier alpha value is -0.770. The van der Waals surface area contributed by atoms with Crippen LogP contribution in [0, 0.1) is 11.8 Å². The summed E-state index contributed by atoms with van der Waals surface area (Å²) in [7, 11) is 0. The molecule has 16 heavy (non-hydrogen) atoms. The van der Waals surface area contributed by atoms with Crippen LogP contribution in [0.1, 0.15) is 20.3 Å². The van der Waals surface area contributed by atoms with Gasteiger partial charge in [-0.25, -0.2) is 4.98 Å². The van der Waals surface area contributed by atoms with Crippen molar-refractivity contribution in [1.29, 1.82) is 0 Å². The SMILES string of the molecule is CC(C)CC1CNc2cc(Br)cnc2NC1. The third kappa shape index (κ3) is 2.88. The number of hydrogen-bond donors (Lipinski definition) is 2. The summed E-state index contributed by atoms with van der Waals surface area (Å²) in [5.74, 6) is 2.39. The maximum Gasteiger partial charge on any atom is 0.149 e. The van der Waals surface area contributed by atoms with Gasteiger partial charge in [-0.2, -0.15) is 0 Å². The largest absolute Gasteiger partial charge is 0.382 e. The van der Waals surface area contributed by atoms with Crippen LogP contribution in [0.25, 0.3) is 0 Å². The number of aromatic nitrogens is 1. The van der Waals surface area contributed by atoms with E-state index in [1.54, 1.807) is 0 Å². The molecule has 2 rings (SSSR count). The van der Waals surface area contributed by atoms with Crippen LogP contribution in [0.5, 0.6) is 0 Å². The van der Waals surface area contributed by atoms with Gasteiger partial charge in [0.2, 0.25) is 0 Å². The second-order valence-electron chi connectivity index (χ2n) is 4.81. The molecule has 0 fully saturated rings. The zero-order valence-electron chi connectivity index (χ0n) is 9.76. The average molecular weight is 284 g/mol. The molecule has 3 nitrogen and oxygen atoms in total. The molecule has 0 aliphatic carbocycles. The van der Waals surface area contributed by atoms with Gasteiger partial charge in [-0.3, -0.25) is 0 Å². The van der Waals surface area contributed by atoms with Crippen molar-refractivity contribution in [1.82, 2.24) is 4.98 Å². The number of nitrogens with one attached hydrogen (secondary N) is 2. The molecule has 0 radical (unpaired) electrons. The molecule has 1 aliphatic rings. The lowest BCUT2D eigenvalue weighted by Crippen LogP contribution is -2.20. The van der Waals surface area contributed by atoms with Crippen molar-refractivity contribution in [3.8, 4) is 0 Å². The predicted molar refractivity (Wildman–Crippen MR) is 71.9 cm³/mol. The van der Waals surface area contributed by atoms with Crippen molar-refractivity contribution < 1.29 is 0 Å². The highest BCUT2D eigenvalue weighted by molar-refractivity contribution is 9.10. The van der Waals surface area contributed by atoms with Crippen LogP contribution < -0.4 is 10.6 Å². The van der Waals surface area contributed by atoms with E-state index in [4.69, 9.17) is 0 Å². The standard InChI is InChI=1S/C12H18BrN3/c1-8(2)3-9-5-14-11-4-10(13)7-16-12(11)15-6-9/h4,7-9,14H,3,5-6H2,1-2H3,(H,15,16). The highest BCUT2D eigenvalue weighted by Gasteiger charge is 2.16. The Morgan fingerprint density at radius 2 is 2.19 bits per heavy atom. The monoisotopic (exact) mass is 283 g/mol. The third-order valence-electron chi connectivity index (χ3n) is 2.80. The first kappa shape index (κ1) is 11.7. The fourth-order valence-electron chi connectivity index (χ4n) is 2.12. The normalized spacial score (nSPS) is 19.6. The zero-order valence-corrected chi connectivity index (χ0v) is 11.3. The summed E-state index contributed by atoms with van der Waals surface area (Å²) < 4.78 is 1.02. The van der Waals surface area contributed by atoms with E-state index in [0.29, 0.717) is 5.92 Å². The number of hydrogen-bond acceptors (Lipinski definition) is 3. The summed E-state index contributed by atoms with van der Waals surface area (Å²) in [6, 6.07) is 2.08. The van der Waals surface area contributed by atoms with Crippen molar-refractivity contribution in [2.45, 2.75) is 20.3 Å². The second kappa shape index (κ2) is 5.04. The second-order valence-corrected chi connectivity index (χ2v) is 5.72. The lowest BCUT2D eigenvalue weighted by Gasteiger charge is -2.16. The van der Waals surface area contributed by atoms with E-state index in [0.717, 1.165) is 35.0 Å². The van der Waals surface area contributed by atoms with Crippen molar-refractivity contribution in [3.05, 3.63) is 16.7 Å². The van der Waals surface area contributed by atoms with Crippen LogP contribution in [0.15, 0.2) is 16.7 Å². The molecule has 0 spiro atoms. The molecule has 1 atom stereocenters.